The van der Waals surface area contributed by atoms with Crippen molar-refractivity contribution in [1.82, 2.24) is 4.90 Å². The molecule has 2 aliphatic rings. The van der Waals surface area contributed by atoms with Crippen molar-refractivity contribution in [2.75, 3.05) is 6.54 Å². The number of aliphatic hydroxyl groups is 1. The minimum absolute atomic E-state index is 0.208. The summed E-state index contributed by atoms with van der Waals surface area (Å²) < 4.78 is 5.45. The maximum atomic E-state index is 12.7. The molecular weight excluding hydrogens is 290 g/mol. The largest absolute Gasteiger partial charge is 0.480 e. The Kier molecular flexibility index (Phi) is 4.87. The molecule has 0 saturated carbocycles. The fraction of sp³-hybridized carbons (Fsp3) is 0.800. The van der Waals surface area contributed by atoms with Gasteiger partial charge in [-0.25, -0.2) is 4.79 Å². The molecule has 0 radical (unpaired) electrons. The highest BCUT2D eigenvalue weighted by Crippen LogP contribution is 2.31. The Morgan fingerprint density at radius 1 is 1.36 bits per heavy atom. The SMILES string of the molecule is CCC1CC[C@@H](C)C(=O)C(O)(C(=O)N2CCC[C@H]2C(=O)O)O1. The third-order valence-electron chi connectivity index (χ3n) is 4.58. The van der Waals surface area contributed by atoms with Gasteiger partial charge in [0.15, 0.2) is 0 Å². The summed E-state index contributed by atoms with van der Waals surface area (Å²) in [5, 5.41) is 19.8. The molecule has 124 valence electrons. The normalized spacial score (nSPS) is 36.2. The highest BCUT2D eigenvalue weighted by Gasteiger charge is 2.54. The number of carboxylic acids is 1. The molecular formula is C15H23NO6. The van der Waals surface area contributed by atoms with Crippen molar-refractivity contribution in [2.24, 2.45) is 5.92 Å². The molecule has 0 aromatic carbocycles. The highest BCUT2D eigenvalue weighted by atomic mass is 16.6. The van der Waals surface area contributed by atoms with Crippen LogP contribution in [0.25, 0.3) is 0 Å². The second-order valence-electron chi connectivity index (χ2n) is 6.13. The Labute approximate surface area is 129 Å². The van der Waals surface area contributed by atoms with Gasteiger partial charge in [0.25, 0.3) is 5.91 Å². The molecule has 0 bridgehead atoms. The molecule has 2 saturated heterocycles. The number of hydrogen-bond acceptors (Lipinski definition) is 5. The van der Waals surface area contributed by atoms with Crippen LogP contribution in [0.4, 0.5) is 0 Å². The minimum atomic E-state index is -2.56. The van der Waals surface area contributed by atoms with Crippen molar-refractivity contribution in [3.05, 3.63) is 0 Å². The average molecular weight is 313 g/mol. The molecule has 1 amide bonds. The third kappa shape index (κ3) is 2.87. The number of hydrogen-bond donors (Lipinski definition) is 2. The van der Waals surface area contributed by atoms with E-state index in [1.54, 1.807) is 6.92 Å². The van der Waals surface area contributed by atoms with Gasteiger partial charge in [-0.15, -0.1) is 0 Å². The van der Waals surface area contributed by atoms with Crippen molar-refractivity contribution in [1.29, 1.82) is 0 Å². The predicted octanol–water partition coefficient (Wildman–Crippen LogP) is 0.545. The monoisotopic (exact) mass is 313 g/mol. The van der Waals surface area contributed by atoms with Gasteiger partial charge in [-0.05, 0) is 32.1 Å². The highest BCUT2D eigenvalue weighted by molar-refractivity contribution is 6.09. The van der Waals surface area contributed by atoms with Crippen molar-refractivity contribution < 1.29 is 29.3 Å². The number of ether oxygens (including phenoxy) is 1. The molecule has 0 aliphatic carbocycles. The lowest BCUT2D eigenvalue weighted by Gasteiger charge is -2.33. The molecule has 7 nitrogen and oxygen atoms in total. The van der Waals surface area contributed by atoms with Crippen LogP contribution in [0.3, 0.4) is 0 Å². The van der Waals surface area contributed by atoms with E-state index in [9.17, 15) is 24.6 Å². The molecule has 7 heteroatoms. The Morgan fingerprint density at radius 3 is 2.64 bits per heavy atom. The number of aliphatic carboxylic acids is 1. The maximum Gasteiger partial charge on any atom is 0.326 e. The minimum Gasteiger partial charge on any atom is -0.480 e. The van der Waals surface area contributed by atoms with Crippen LogP contribution < -0.4 is 0 Å². The van der Waals surface area contributed by atoms with E-state index in [0.29, 0.717) is 32.1 Å². The van der Waals surface area contributed by atoms with Gasteiger partial charge in [0, 0.05) is 12.5 Å². The second-order valence-corrected chi connectivity index (χ2v) is 6.13. The number of Topliss-reactive ketones (excluding diaryl/α,β-unsaturated/α-hetero) is 1. The number of carbonyl (C=O) groups excluding carboxylic acids is 2. The summed E-state index contributed by atoms with van der Waals surface area (Å²) in [6.07, 6.45) is 2.14. The number of carboxylic acid groups (broad SMARTS) is 1. The molecule has 22 heavy (non-hydrogen) atoms. The quantitative estimate of drug-likeness (QED) is 0.737. The van der Waals surface area contributed by atoms with Gasteiger partial charge in [0.05, 0.1) is 6.10 Å². The van der Waals surface area contributed by atoms with Crippen LogP contribution in [0, 0.1) is 5.92 Å². The second kappa shape index (κ2) is 6.34. The van der Waals surface area contributed by atoms with Crippen LogP contribution in [-0.2, 0) is 19.1 Å². The summed E-state index contributed by atoms with van der Waals surface area (Å²) in [5.41, 5.74) is 0. The number of nitrogens with zero attached hydrogens (tertiary/aromatic N) is 1. The first-order valence-electron chi connectivity index (χ1n) is 7.79. The standard InChI is InChI=1S/C15H23NO6/c1-3-10-7-6-9(2)12(17)15(21,22-10)14(20)16-8-4-5-11(16)13(18)19/h9-11,21H,3-8H2,1-2H3,(H,18,19)/t9-,10?,11+,15?/m1/s1. The fourth-order valence-electron chi connectivity index (χ4n) is 3.16. The molecule has 2 unspecified atom stereocenters. The number of likely N-dealkylation sites (tertiary alicyclic amines) is 1. The van der Waals surface area contributed by atoms with Crippen LogP contribution in [0.15, 0.2) is 0 Å². The summed E-state index contributed by atoms with van der Waals surface area (Å²) in [7, 11) is 0. The zero-order chi connectivity index (χ0) is 16.5. The zero-order valence-corrected chi connectivity index (χ0v) is 12.9. The molecule has 0 aromatic rings. The van der Waals surface area contributed by atoms with Crippen LogP contribution in [0.1, 0.15) is 46.0 Å². The van der Waals surface area contributed by atoms with E-state index in [2.05, 4.69) is 0 Å². The molecule has 0 aromatic heterocycles. The lowest BCUT2D eigenvalue weighted by Crippen LogP contribution is -2.59. The Hall–Kier alpha value is -1.47. The van der Waals surface area contributed by atoms with Gasteiger partial charge >= 0.3 is 11.8 Å². The zero-order valence-electron chi connectivity index (χ0n) is 12.9. The number of ketones is 1. The van der Waals surface area contributed by atoms with Crippen LogP contribution in [0.2, 0.25) is 0 Å². The van der Waals surface area contributed by atoms with Gasteiger partial charge < -0.3 is 19.8 Å². The lowest BCUT2D eigenvalue weighted by atomic mass is 9.94. The third-order valence-corrected chi connectivity index (χ3v) is 4.58. The van der Waals surface area contributed by atoms with Gasteiger partial charge in [-0.3, -0.25) is 9.59 Å². The van der Waals surface area contributed by atoms with Gasteiger partial charge in [-0.2, -0.15) is 0 Å². The smallest absolute Gasteiger partial charge is 0.326 e. The van der Waals surface area contributed by atoms with E-state index in [4.69, 9.17) is 4.74 Å². The number of rotatable bonds is 3. The van der Waals surface area contributed by atoms with Crippen molar-refractivity contribution in [3.8, 4) is 0 Å². The Bertz CT molecular complexity index is 479. The van der Waals surface area contributed by atoms with Gasteiger partial charge in [-0.1, -0.05) is 13.8 Å². The van der Waals surface area contributed by atoms with E-state index in [1.165, 1.54) is 0 Å². The number of amides is 1. The van der Waals surface area contributed by atoms with E-state index < -0.39 is 41.5 Å². The first kappa shape index (κ1) is 16.9. The first-order valence-corrected chi connectivity index (χ1v) is 7.79. The molecule has 4 atom stereocenters. The molecule has 2 heterocycles. The number of carbonyl (C=O) groups is 3. The molecule has 2 N–H and O–H groups in total. The Balaban J connectivity index is 2.30. The van der Waals surface area contributed by atoms with Crippen LogP contribution in [-0.4, -0.2) is 57.3 Å². The first-order chi connectivity index (χ1) is 10.3. The van der Waals surface area contributed by atoms with E-state index in [-0.39, 0.29) is 6.54 Å². The molecule has 2 rings (SSSR count). The topological polar surface area (TPSA) is 104 Å². The Morgan fingerprint density at radius 2 is 2.05 bits per heavy atom. The van der Waals surface area contributed by atoms with E-state index in [0.717, 1.165) is 4.90 Å². The lowest BCUT2D eigenvalue weighted by molar-refractivity contribution is -0.227. The van der Waals surface area contributed by atoms with E-state index >= 15 is 0 Å². The van der Waals surface area contributed by atoms with Crippen LogP contribution >= 0.6 is 0 Å². The average Bonchev–Trinajstić information content (AvgIpc) is 2.94. The summed E-state index contributed by atoms with van der Waals surface area (Å²) in [5.74, 6) is -5.81. The van der Waals surface area contributed by atoms with Crippen molar-refractivity contribution in [2.45, 2.75) is 63.9 Å². The summed E-state index contributed by atoms with van der Waals surface area (Å²) >= 11 is 0. The fourth-order valence-corrected chi connectivity index (χ4v) is 3.16. The predicted molar refractivity (Wildman–Crippen MR) is 75.9 cm³/mol. The van der Waals surface area contributed by atoms with E-state index in [1.807, 2.05) is 6.92 Å². The summed E-state index contributed by atoms with van der Waals surface area (Å²) in [4.78, 5) is 37.4. The van der Waals surface area contributed by atoms with Gasteiger partial charge in [0.1, 0.15) is 6.04 Å². The van der Waals surface area contributed by atoms with Crippen LogP contribution in [0.5, 0.6) is 0 Å². The van der Waals surface area contributed by atoms with Gasteiger partial charge in [0.2, 0.25) is 5.78 Å². The summed E-state index contributed by atoms with van der Waals surface area (Å²) in [6, 6.07) is -1.01. The van der Waals surface area contributed by atoms with Crippen molar-refractivity contribution in [3.63, 3.8) is 0 Å². The maximum absolute atomic E-state index is 12.7. The van der Waals surface area contributed by atoms with Crippen molar-refractivity contribution >= 4 is 17.7 Å². The molecule has 2 fully saturated rings. The molecule has 0 spiro atoms. The molecule has 2 aliphatic heterocycles. The summed E-state index contributed by atoms with van der Waals surface area (Å²) in [6.45, 7) is 3.71.